The summed E-state index contributed by atoms with van der Waals surface area (Å²) >= 11 is 0. The van der Waals surface area contributed by atoms with Gasteiger partial charge in [0.15, 0.2) is 5.76 Å². The molecular weight excluding hydrogens is 324 g/mol. The fraction of sp³-hybridized carbons (Fsp3) is 0.412. The summed E-state index contributed by atoms with van der Waals surface area (Å²) < 4.78 is 11.1. The number of aromatic nitrogens is 2. The van der Waals surface area contributed by atoms with Gasteiger partial charge >= 0.3 is 0 Å². The molecule has 0 atom stereocenters. The Hall–Kier alpha value is -2.74. The van der Waals surface area contributed by atoms with Crippen LogP contribution in [0.4, 0.5) is 5.69 Å². The Bertz CT molecular complexity index is 754. The van der Waals surface area contributed by atoms with Gasteiger partial charge < -0.3 is 19.0 Å². The summed E-state index contributed by atoms with van der Waals surface area (Å²) in [5.74, 6) is 0.133. The van der Waals surface area contributed by atoms with Crippen molar-refractivity contribution in [2.45, 2.75) is 18.4 Å². The average Bonchev–Trinajstić information content (AvgIpc) is 3.20. The highest BCUT2D eigenvalue weighted by atomic mass is 16.5. The molecule has 1 spiro atoms. The summed E-state index contributed by atoms with van der Waals surface area (Å²) in [6.45, 7) is 1.60. The number of nitrogens with zero attached hydrogens (tertiary/aromatic N) is 4. The van der Waals surface area contributed by atoms with Crippen molar-refractivity contribution in [1.29, 1.82) is 0 Å². The van der Waals surface area contributed by atoms with Crippen LogP contribution in [0, 0.1) is 0 Å². The Balaban J connectivity index is 1.45. The number of ether oxygens (including phenoxy) is 1. The smallest absolute Gasteiger partial charge is 0.289 e. The van der Waals surface area contributed by atoms with E-state index in [4.69, 9.17) is 9.15 Å². The van der Waals surface area contributed by atoms with Crippen LogP contribution in [0.2, 0.25) is 0 Å². The minimum atomic E-state index is -0.441. The van der Waals surface area contributed by atoms with E-state index in [1.54, 1.807) is 34.3 Å². The molecular formula is C17H18N4O4. The summed E-state index contributed by atoms with van der Waals surface area (Å²) in [5.41, 5.74) is 0.230. The maximum atomic E-state index is 12.4. The zero-order chi connectivity index (χ0) is 17.3. The monoisotopic (exact) mass is 342 g/mol. The van der Waals surface area contributed by atoms with Crippen LogP contribution < -0.4 is 4.90 Å². The average molecular weight is 342 g/mol. The van der Waals surface area contributed by atoms with E-state index in [1.165, 1.54) is 12.6 Å². The second-order valence-corrected chi connectivity index (χ2v) is 6.32. The van der Waals surface area contributed by atoms with Crippen LogP contribution in [0.1, 0.15) is 23.4 Å². The fourth-order valence-electron chi connectivity index (χ4n) is 3.36. The van der Waals surface area contributed by atoms with Crippen molar-refractivity contribution in [3.8, 4) is 0 Å². The number of hydrogen-bond donors (Lipinski definition) is 0. The van der Waals surface area contributed by atoms with Crippen molar-refractivity contribution in [3.05, 3.63) is 42.9 Å². The molecule has 2 fully saturated rings. The first-order valence-corrected chi connectivity index (χ1v) is 8.19. The van der Waals surface area contributed by atoms with Gasteiger partial charge in [0, 0.05) is 13.1 Å². The van der Waals surface area contributed by atoms with Crippen LogP contribution >= 0.6 is 0 Å². The third-order valence-electron chi connectivity index (χ3n) is 4.80. The summed E-state index contributed by atoms with van der Waals surface area (Å²) in [6.07, 6.45) is 7.50. The van der Waals surface area contributed by atoms with Crippen molar-refractivity contribution in [2.24, 2.45) is 0 Å². The van der Waals surface area contributed by atoms with E-state index < -0.39 is 5.60 Å². The van der Waals surface area contributed by atoms with Gasteiger partial charge in [-0.15, -0.1) is 0 Å². The highest BCUT2D eigenvalue weighted by molar-refractivity contribution is 5.95. The molecule has 2 aliphatic rings. The first kappa shape index (κ1) is 15.8. The molecule has 2 saturated heterocycles. The van der Waals surface area contributed by atoms with Gasteiger partial charge in [0.2, 0.25) is 0 Å². The number of carbonyl (C=O) groups is 2. The van der Waals surface area contributed by atoms with Gasteiger partial charge in [-0.1, -0.05) is 0 Å². The van der Waals surface area contributed by atoms with Crippen LogP contribution in [0.3, 0.4) is 0 Å². The predicted octanol–water partition coefficient (Wildman–Crippen LogP) is 1.11. The molecule has 0 saturated carbocycles. The largest absolute Gasteiger partial charge is 0.459 e. The van der Waals surface area contributed by atoms with Crippen LogP contribution in [0.15, 0.2) is 41.5 Å². The van der Waals surface area contributed by atoms with E-state index in [-0.39, 0.29) is 18.4 Å². The molecule has 2 aromatic heterocycles. The molecule has 25 heavy (non-hydrogen) atoms. The minimum Gasteiger partial charge on any atom is -0.459 e. The lowest BCUT2D eigenvalue weighted by Gasteiger charge is -2.46. The third-order valence-corrected chi connectivity index (χ3v) is 4.80. The molecule has 0 bridgehead atoms. The lowest BCUT2D eigenvalue weighted by Crippen LogP contribution is -2.59. The standard InChI is InChI=1S/C17H18N4O4/c22-15-10-25-17(11-21(15)13-8-18-12-19-9-13)3-5-20(6-4-17)16(23)14-2-1-7-24-14/h1-2,7-9,12H,3-6,10-11H2. The van der Waals surface area contributed by atoms with Crippen LogP contribution in [0.25, 0.3) is 0 Å². The van der Waals surface area contributed by atoms with Gasteiger partial charge in [0.1, 0.15) is 12.9 Å². The zero-order valence-corrected chi connectivity index (χ0v) is 13.6. The van der Waals surface area contributed by atoms with E-state index in [9.17, 15) is 9.59 Å². The molecule has 0 unspecified atom stereocenters. The minimum absolute atomic E-state index is 0.0288. The second kappa shape index (κ2) is 6.29. The topological polar surface area (TPSA) is 88.8 Å². The summed E-state index contributed by atoms with van der Waals surface area (Å²) in [7, 11) is 0. The van der Waals surface area contributed by atoms with Crippen molar-refractivity contribution in [2.75, 3.05) is 31.1 Å². The molecule has 2 aliphatic heterocycles. The van der Waals surface area contributed by atoms with Gasteiger partial charge in [0.05, 0.1) is 36.5 Å². The van der Waals surface area contributed by atoms with Crippen LogP contribution in [0.5, 0.6) is 0 Å². The van der Waals surface area contributed by atoms with Gasteiger partial charge in [-0.3, -0.25) is 9.59 Å². The SMILES string of the molecule is O=C(c1ccco1)N1CCC2(CC1)CN(c1cncnc1)C(=O)CO2. The van der Waals surface area contributed by atoms with E-state index in [1.807, 2.05) is 0 Å². The Labute approximate surface area is 144 Å². The van der Waals surface area contributed by atoms with Crippen LogP contribution in [-0.2, 0) is 9.53 Å². The van der Waals surface area contributed by atoms with Crippen molar-refractivity contribution in [3.63, 3.8) is 0 Å². The first-order chi connectivity index (χ1) is 12.2. The summed E-state index contributed by atoms with van der Waals surface area (Å²) in [5, 5.41) is 0. The molecule has 0 aromatic carbocycles. The number of amides is 2. The number of piperidine rings is 1. The van der Waals surface area contributed by atoms with Gasteiger partial charge in [-0.25, -0.2) is 9.97 Å². The number of hydrogen-bond acceptors (Lipinski definition) is 6. The van der Waals surface area contributed by atoms with E-state index in [2.05, 4.69) is 9.97 Å². The highest BCUT2D eigenvalue weighted by Crippen LogP contribution is 2.32. The number of morpholine rings is 1. The maximum Gasteiger partial charge on any atom is 0.289 e. The lowest BCUT2D eigenvalue weighted by atomic mass is 9.89. The quantitative estimate of drug-likeness (QED) is 0.812. The lowest BCUT2D eigenvalue weighted by molar-refractivity contribution is -0.143. The van der Waals surface area contributed by atoms with Gasteiger partial charge in [0.25, 0.3) is 11.8 Å². The van der Waals surface area contributed by atoms with Crippen molar-refractivity contribution in [1.82, 2.24) is 14.9 Å². The molecule has 0 radical (unpaired) electrons. The van der Waals surface area contributed by atoms with Gasteiger partial charge in [-0.05, 0) is 25.0 Å². The summed E-state index contributed by atoms with van der Waals surface area (Å²) in [6, 6.07) is 3.37. The number of carbonyl (C=O) groups excluding carboxylic acids is 2. The number of rotatable bonds is 2. The Morgan fingerprint density at radius 3 is 2.64 bits per heavy atom. The van der Waals surface area contributed by atoms with Crippen molar-refractivity contribution >= 4 is 17.5 Å². The molecule has 2 amide bonds. The molecule has 8 nitrogen and oxygen atoms in total. The predicted molar refractivity (Wildman–Crippen MR) is 86.9 cm³/mol. The second-order valence-electron chi connectivity index (χ2n) is 6.32. The number of furan rings is 1. The third kappa shape index (κ3) is 3.00. The molecule has 8 heteroatoms. The molecule has 0 aliphatic carbocycles. The Kier molecular flexibility index (Phi) is 3.96. The molecule has 4 rings (SSSR count). The highest BCUT2D eigenvalue weighted by Gasteiger charge is 2.43. The molecule has 0 N–H and O–H groups in total. The Morgan fingerprint density at radius 1 is 1.20 bits per heavy atom. The molecule has 130 valence electrons. The number of likely N-dealkylation sites (tertiary alicyclic amines) is 1. The maximum absolute atomic E-state index is 12.4. The Morgan fingerprint density at radius 2 is 1.96 bits per heavy atom. The molecule has 2 aromatic rings. The zero-order valence-electron chi connectivity index (χ0n) is 13.6. The van der Waals surface area contributed by atoms with E-state index >= 15 is 0 Å². The van der Waals surface area contributed by atoms with Crippen molar-refractivity contribution < 1.29 is 18.7 Å². The fourth-order valence-corrected chi connectivity index (χ4v) is 3.36. The number of anilines is 1. The summed E-state index contributed by atoms with van der Waals surface area (Å²) in [4.78, 5) is 36.0. The van der Waals surface area contributed by atoms with Crippen LogP contribution in [-0.4, -0.2) is 58.5 Å². The van der Waals surface area contributed by atoms with Gasteiger partial charge in [-0.2, -0.15) is 0 Å². The normalized spacial score (nSPS) is 20.1. The van der Waals surface area contributed by atoms with E-state index in [0.717, 1.165) is 0 Å². The first-order valence-electron chi connectivity index (χ1n) is 8.19. The van der Waals surface area contributed by atoms with E-state index in [0.29, 0.717) is 43.9 Å². The molecule has 4 heterocycles.